The summed E-state index contributed by atoms with van der Waals surface area (Å²) in [7, 11) is 2.14. The van der Waals surface area contributed by atoms with Gasteiger partial charge in [0.2, 0.25) is 0 Å². The highest BCUT2D eigenvalue weighted by molar-refractivity contribution is 4.81. The molecule has 1 heterocycles. The number of nitrogens with zero attached hydrogens (tertiary/aromatic N) is 1. The van der Waals surface area contributed by atoms with Crippen molar-refractivity contribution < 1.29 is 0 Å². The van der Waals surface area contributed by atoms with E-state index in [4.69, 9.17) is 0 Å². The van der Waals surface area contributed by atoms with E-state index in [1.165, 1.54) is 13.0 Å². The molecule has 1 fully saturated rings. The van der Waals surface area contributed by atoms with E-state index in [2.05, 4.69) is 31.1 Å². The Morgan fingerprint density at radius 1 is 1.44 bits per heavy atom. The Morgan fingerprint density at radius 2 is 2.11 bits per heavy atom. The first kappa shape index (κ1) is 7.03. The van der Waals surface area contributed by atoms with Gasteiger partial charge in [0.1, 0.15) is 0 Å². The zero-order valence-electron chi connectivity index (χ0n) is 6.57. The first-order chi connectivity index (χ1) is 4.10. The molecule has 1 aliphatic heterocycles. The highest BCUT2D eigenvalue weighted by Gasteiger charge is 2.21. The second-order valence-electron chi connectivity index (χ2n) is 3.55. The predicted molar refractivity (Wildman–Crippen MR) is 39.3 cm³/mol. The topological polar surface area (TPSA) is 15.3 Å². The predicted octanol–water partition coefficient (Wildman–Crippen LogP) is 0.648. The zero-order valence-corrected chi connectivity index (χ0v) is 6.57. The minimum atomic E-state index is 0.368. The molecular formula is C7H16N2. The Hall–Kier alpha value is -0.0800. The Labute approximate surface area is 57.2 Å². The second-order valence-corrected chi connectivity index (χ2v) is 3.55. The lowest BCUT2D eigenvalue weighted by atomic mass is 9.99. The summed E-state index contributed by atoms with van der Waals surface area (Å²) in [4.78, 5) is 2.30. The lowest BCUT2D eigenvalue weighted by Crippen LogP contribution is -2.51. The van der Waals surface area contributed by atoms with Crippen molar-refractivity contribution in [2.24, 2.45) is 0 Å². The van der Waals surface area contributed by atoms with Gasteiger partial charge in [0.25, 0.3) is 0 Å². The summed E-state index contributed by atoms with van der Waals surface area (Å²) in [6, 6.07) is 0. The molecule has 0 atom stereocenters. The zero-order chi connectivity index (χ0) is 6.91. The van der Waals surface area contributed by atoms with Crippen molar-refractivity contribution in [2.75, 3.05) is 20.3 Å². The minimum Gasteiger partial charge on any atom is -0.299 e. The maximum atomic E-state index is 3.43. The summed E-state index contributed by atoms with van der Waals surface area (Å²) in [6.45, 7) is 6.76. The summed E-state index contributed by atoms with van der Waals surface area (Å²) in [5.41, 5.74) is 0.368. The third-order valence-electron chi connectivity index (χ3n) is 1.95. The molecule has 1 rings (SSSR count). The highest BCUT2D eigenvalue weighted by Crippen LogP contribution is 2.12. The van der Waals surface area contributed by atoms with Gasteiger partial charge < -0.3 is 0 Å². The van der Waals surface area contributed by atoms with Gasteiger partial charge in [0.05, 0.1) is 0 Å². The van der Waals surface area contributed by atoms with Gasteiger partial charge >= 0.3 is 0 Å². The van der Waals surface area contributed by atoms with Crippen LogP contribution in [0.1, 0.15) is 20.3 Å². The summed E-state index contributed by atoms with van der Waals surface area (Å²) >= 11 is 0. The van der Waals surface area contributed by atoms with E-state index < -0.39 is 0 Å². The van der Waals surface area contributed by atoms with Gasteiger partial charge in [-0.15, -0.1) is 0 Å². The molecule has 0 bridgehead atoms. The summed E-state index contributed by atoms with van der Waals surface area (Å²) < 4.78 is 0. The molecule has 1 aliphatic rings. The summed E-state index contributed by atoms with van der Waals surface area (Å²) in [5, 5.41) is 3.43. The van der Waals surface area contributed by atoms with Crippen LogP contribution in [-0.4, -0.2) is 30.7 Å². The van der Waals surface area contributed by atoms with E-state index >= 15 is 0 Å². The fourth-order valence-corrected chi connectivity index (χ4v) is 0.987. The molecule has 0 unspecified atom stereocenters. The van der Waals surface area contributed by atoms with Crippen LogP contribution in [0.2, 0.25) is 0 Å². The molecule has 0 aromatic heterocycles. The first-order valence-corrected chi connectivity index (χ1v) is 3.54. The van der Waals surface area contributed by atoms with Gasteiger partial charge in [-0.25, -0.2) is 0 Å². The third-order valence-corrected chi connectivity index (χ3v) is 1.95. The van der Waals surface area contributed by atoms with Crippen molar-refractivity contribution in [1.29, 1.82) is 0 Å². The Bertz CT molecular complexity index is 89.1. The standard InChI is InChI=1S/C7H16N2/c1-7(2)4-5-9(3)6-8-7/h8H,4-6H2,1-3H3. The molecule has 2 heteroatoms. The Morgan fingerprint density at radius 3 is 2.44 bits per heavy atom. The van der Waals surface area contributed by atoms with E-state index in [9.17, 15) is 0 Å². The van der Waals surface area contributed by atoms with Crippen LogP contribution in [0.4, 0.5) is 0 Å². The fraction of sp³-hybridized carbons (Fsp3) is 1.00. The minimum absolute atomic E-state index is 0.368. The van der Waals surface area contributed by atoms with Crippen molar-refractivity contribution >= 4 is 0 Å². The van der Waals surface area contributed by atoms with Crippen LogP contribution < -0.4 is 5.32 Å². The lowest BCUT2D eigenvalue weighted by molar-refractivity contribution is 0.172. The average molecular weight is 128 g/mol. The highest BCUT2D eigenvalue weighted by atomic mass is 15.2. The van der Waals surface area contributed by atoms with Crippen molar-refractivity contribution in [3.05, 3.63) is 0 Å². The van der Waals surface area contributed by atoms with Crippen LogP contribution in [0, 0.1) is 0 Å². The molecule has 1 saturated heterocycles. The van der Waals surface area contributed by atoms with Crippen LogP contribution >= 0.6 is 0 Å². The second kappa shape index (κ2) is 2.27. The van der Waals surface area contributed by atoms with Crippen molar-refractivity contribution in [1.82, 2.24) is 10.2 Å². The Balaban J connectivity index is 2.35. The summed E-state index contributed by atoms with van der Waals surface area (Å²) in [5.74, 6) is 0. The van der Waals surface area contributed by atoms with Gasteiger partial charge in [0, 0.05) is 18.8 Å². The number of hydrogen-bond acceptors (Lipinski definition) is 2. The molecule has 0 spiro atoms. The monoisotopic (exact) mass is 128 g/mol. The van der Waals surface area contributed by atoms with E-state index in [1.54, 1.807) is 0 Å². The molecule has 0 radical (unpaired) electrons. The molecule has 1 N–H and O–H groups in total. The first-order valence-electron chi connectivity index (χ1n) is 3.54. The SMILES string of the molecule is CN1CCC(C)(C)NC1. The third kappa shape index (κ3) is 1.95. The van der Waals surface area contributed by atoms with Crippen LogP contribution in [-0.2, 0) is 0 Å². The lowest BCUT2D eigenvalue weighted by Gasteiger charge is -2.36. The van der Waals surface area contributed by atoms with Crippen LogP contribution in [0.3, 0.4) is 0 Å². The molecule has 54 valence electrons. The largest absolute Gasteiger partial charge is 0.299 e. The van der Waals surface area contributed by atoms with Crippen molar-refractivity contribution in [3.63, 3.8) is 0 Å². The van der Waals surface area contributed by atoms with Crippen LogP contribution in [0.15, 0.2) is 0 Å². The molecule has 0 aromatic rings. The maximum Gasteiger partial charge on any atom is 0.0481 e. The van der Waals surface area contributed by atoms with Gasteiger partial charge in [-0.3, -0.25) is 10.2 Å². The maximum absolute atomic E-state index is 3.43. The van der Waals surface area contributed by atoms with E-state index in [-0.39, 0.29) is 0 Å². The number of nitrogens with one attached hydrogen (secondary N) is 1. The summed E-state index contributed by atoms with van der Waals surface area (Å²) in [6.07, 6.45) is 1.25. The average Bonchev–Trinajstić information content (AvgIpc) is 1.78. The van der Waals surface area contributed by atoms with E-state index in [1.807, 2.05) is 0 Å². The van der Waals surface area contributed by atoms with Crippen LogP contribution in [0.25, 0.3) is 0 Å². The van der Waals surface area contributed by atoms with E-state index in [0.29, 0.717) is 5.54 Å². The molecular weight excluding hydrogens is 112 g/mol. The molecule has 0 aliphatic carbocycles. The van der Waals surface area contributed by atoms with Crippen molar-refractivity contribution in [2.45, 2.75) is 25.8 Å². The number of rotatable bonds is 0. The quantitative estimate of drug-likeness (QED) is 0.515. The van der Waals surface area contributed by atoms with Gasteiger partial charge in [-0.1, -0.05) is 0 Å². The van der Waals surface area contributed by atoms with E-state index in [0.717, 1.165) is 6.67 Å². The Kier molecular flexibility index (Phi) is 1.78. The van der Waals surface area contributed by atoms with Crippen molar-refractivity contribution in [3.8, 4) is 0 Å². The number of hydrogen-bond donors (Lipinski definition) is 1. The molecule has 9 heavy (non-hydrogen) atoms. The smallest absolute Gasteiger partial charge is 0.0481 e. The normalized spacial score (nSPS) is 28.3. The molecule has 0 amide bonds. The molecule has 2 nitrogen and oxygen atoms in total. The van der Waals surface area contributed by atoms with Gasteiger partial charge in [0.15, 0.2) is 0 Å². The molecule has 0 saturated carbocycles. The van der Waals surface area contributed by atoms with Crippen LogP contribution in [0.5, 0.6) is 0 Å². The van der Waals surface area contributed by atoms with Gasteiger partial charge in [-0.2, -0.15) is 0 Å². The molecule has 0 aromatic carbocycles. The fourth-order valence-electron chi connectivity index (χ4n) is 0.987. The van der Waals surface area contributed by atoms with Gasteiger partial charge in [-0.05, 0) is 27.3 Å².